The van der Waals surface area contributed by atoms with Crippen LogP contribution in [0.3, 0.4) is 0 Å². The van der Waals surface area contributed by atoms with E-state index in [2.05, 4.69) is 4.74 Å². The van der Waals surface area contributed by atoms with Crippen LogP contribution >= 0.6 is 12.4 Å². The second kappa shape index (κ2) is 6.99. The van der Waals surface area contributed by atoms with Gasteiger partial charge >= 0.3 is 6.61 Å². The lowest BCUT2D eigenvalue weighted by Crippen LogP contribution is -2.09. The average Bonchev–Trinajstić information content (AvgIpc) is 2.18. The van der Waals surface area contributed by atoms with E-state index in [0.29, 0.717) is 0 Å². The van der Waals surface area contributed by atoms with Crippen LogP contribution in [0.1, 0.15) is 18.0 Å². The normalized spacial score (nSPS) is 11.4. The molecule has 16 heavy (non-hydrogen) atoms. The lowest BCUT2D eigenvalue weighted by atomic mass is 10.1. The lowest BCUT2D eigenvalue weighted by molar-refractivity contribution is -0.0498. The molecule has 0 spiro atoms. The quantitative estimate of drug-likeness (QED) is 0.891. The Morgan fingerprint density at radius 1 is 1.31 bits per heavy atom. The van der Waals surface area contributed by atoms with Crippen molar-refractivity contribution in [3.05, 3.63) is 29.8 Å². The van der Waals surface area contributed by atoms with E-state index in [1.807, 2.05) is 6.07 Å². The molecule has 6 heteroatoms. The molecular formula is C10H11ClF2N2O. The van der Waals surface area contributed by atoms with Crippen LogP contribution in [-0.2, 0) is 0 Å². The number of halogens is 3. The molecule has 0 saturated heterocycles. The Hall–Kier alpha value is -1.38. The molecule has 0 aliphatic rings. The number of ether oxygens (including phenoxy) is 1. The Kier molecular flexibility index (Phi) is 6.38. The van der Waals surface area contributed by atoms with E-state index in [1.54, 1.807) is 12.1 Å². The number of hydrogen-bond acceptors (Lipinski definition) is 3. The van der Waals surface area contributed by atoms with Gasteiger partial charge in [0.25, 0.3) is 0 Å². The lowest BCUT2D eigenvalue weighted by Gasteiger charge is -2.09. The summed E-state index contributed by atoms with van der Waals surface area (Å²) in [5.41, 5.74) is 6.37. The summed E-state index contributed by atoms with van der Waals surface area (Å²) < 4.78 is 27.8. The standard InChI is InChI=1S/C10H10F2N2O.ClH/c11-10(12)15-8-3-1-7(2-4-8)9(14)5-6-13;/h1-4,9-10H,5,14H2;1H/t9-;/m1./s1. The summed E-state index contributed by atoms with van der Waals surface area (Å²) in [4.78, 5) is 0. The van der Waals surface area contributed by atoms with E-state index >= 15 is 0 Å². The topological polar surface area (TPSA) is 59.0 Å². The summed E-state index contributed by atoms with van der Waals surface area (Å²) in [6.45, 7) is -2.83. The predicted molar refractivity (Wildman–Crippen MR) is 57.5 cm³/mol. The molecule has 2 N–H and O–H groups in total. The fourth-order valence-corrected chi connectivity index (χ4v) is 1.11. The zero-order valence-electron chi connectivity index (χ0n) is 8.27. The van der Waals surface area contributed by atoms with Gasteiger partial charge in [0.05, 0.1) is 12.5 Å². The van der Waals surface area contributed by atoms with Gasteiger partial charge in [0.1, 0.15) is 5.75 Å². The molecule has 0 aliphatic heterocycles. The summed E-state index contributed by atoms with van der Waals surface area (Å²) in [7, 11) is 0. The minimum atomic E-state index is -2.83. The third-order valence-corrected chi connectivity index (χ3v) is 1.84. The largest absolute Gasteiger partial charge is 0.435 e. The molecule has 0 fully saturated rings. The summed E-state index contributed by atoms with van der Waals surface area (Å²) >= 11 is 0. The number of nitrogens with two attached hydrogens (primary N) is 1. The van der Waals surface area contributed by atoms with Crippen molar-refractivity contribution < 1.29 is 13.5 Å². The molecule has 0 unspecified atom stereocenters. The van der Waals surface area contributed by atoms with Crippen molar-refractivity contribution in [2.75, 3.05) is 0 Å². The van der Waals surface area contributed by atoms with Crippen LogP contribution in [-0.4, -0.2) is 6.61 Å². The van der Waals surface area contributed by atoms with E-state index < -0.39 is 12.7 Å². The van der Waals surface area contributed by atoms with Gasteiger partial charge in [0.2, 0.25) is 0 Å². The van der Waals surface area contributed by atoms with Crippen molar-refractivity contribution >= 4 is 12.4 Å². The minimum absolute atomic E-state index is 0. The van der Waals surface area contributed by atoms with Gasteiger partial charge in [-0.1, -0.05) is 12.1 Å². The van der Waals surface area contributed by atoms with Crippen LogP contribution < -0.4 is 10.5 Å². The third-order valence-electron chi connectivity index (χ3n) is 1.84. The Balaban J connectivity index is 0.00000225. The fraction of sp³-hybridized carbons (Fsp3) is 0.300. The molecular weight excluding hydrogens is 238 g/mol. The number of nitrogens with zero attached hydrogens (tertiary/aromatic N) is 1. The van der Waals surface area contributed by atoms with Crippen LogP contribution in [0.5, 0.6) is 5.75 Å². The molecule has 0 amide bonds. The highest BCUT2D eigenvalue weighted by Gasteiger charge is 2.07. The average molecular weight is 249 g/mol. The van der Waals surface area contributed by atoms with Crippen molar-refractivity contribution in [1.29, 1.82) is 5.26 Å². The van der Waals surface area contributed by atoms with Gasteiger partial charge in [-0.2, -0.15) is 14.0 Å². The van der Waals surface area contributed by atoms with E-state index in [4.69, 9.17) is 11.0 Å². The fourth-order valence-electron chi connectivity index (χ4n) is 1.11. The number of rotatable bonds is 4. The molecule has 0 saturated carbocycles. The van der Waals surface area contributed by atoms with Crippen molar-refractivity contribution in [2.24, 2.45) is 5.73 Å². The molecule has 0 heterocycles. The molecule has 0 aromatic heterocycles. The van der Waals surface area contributed by atoms with Gasteiger partial charge in [-0.05, 0) is 17.7 Å². The monoisotopic (exact) mass is 248 g/mol. The smallest absolute Gasteiger partial charge is 0.387 e. The maximum atomic E-state index is 11.8. The van der Waals surface area contributed by atoms with Gasteiger partial charge in [-0.3, -0.25) is 0 Å². The predicted octanol–water partition coefficient (Wildman–Crippen LogP) is 2.62. The molecule has 0 bridgehead atoms. The van der Waals surface area contributed by atoms with Crippen molar-refractivity contribution in [3.63, 3.8) is 0 Å². The molecule has 1 atom stereocenters. The zero-order valence-corrected chi connectivity index (χ0v) is 9.08. The summed E-state index contributed by atoms with van der Waals surface area (Å²) in [5, 5.41) is 8.42. The molecule has 88 valence electrons. The van der Waals surface area contributed by atoms with Crippen LogP contribution in [0.15, 0.2) is 24.3 Å². The highest BCUT2D eigenvalue weighted by Crippen LogP contribution is 2.19. The van der Waals surface area contributed by atoms with Gasteiger partial charge in [-0.15, -0.1) is 12.4 Å². The molecule has 1 aromatic carbocycles. The molecule has 1 aromatic rings. The molecule has 0 aliphatic carbocycles. The van der Waals surface area contributed by atoms with Crippen LogP contribution in [0, 0.1) is 11.3 Å². The maximum absolute atomic E-state index is 11.8. The van der Waals surface area contributed by atoms with Crippen molar-refractivity contribution in [2.45, 2.75) is 19.1 Å². The molecule has 1 rings (SSSR count). The Morgan fingerprint density at radius 2 is 1.88 bits per heavy atom. The first-order valence-corrected chi connectivity index (χ1v) is 4.31. The first-order valence-electron chi connectivity index (χ1n) is 4.31. The summed E-state index contributed by atoms with van der Waals surface area (Å²) in [6, 6.07) is 7.48. The third kappa shape index (κ3) is 4.43. The first kappa shape index (κ1) is 14.6. The number of hydrogen-bond donors (Lipinski definition) is 1. The molecule has 3 nitrogen and oxygen atoms in total. The van der Waals surface area contributed by atoms with Crippen molar-refractivity contribution in [1.82, 2.24) is 0 Å². The number of benzene rings is 1. The zero-order chi connectivity index (χ0) is 11.3. The number of alkyl halides is 2. The van der Waals surface area contributed by atoms with Gasteiger partial charge in [0, 0.05) is 6.04 Å². The Labute approximate surface area is 98.2 Å². The van der Waals surface area contributed by atoms with Crippen LogP contribution in [0.4, 0.5) is 8.78 Å². The maximum Gasteiger partial charge on any atom is 0.387 e. The minimum Gasteiger partial charge on any atom is -0.435 e. The Bertz CT molecular complexity index is 351. The van der Waals surface area contributed by atoms with Crippen LogP contribution in [0.2, 0.25) is 0 Å². The molecule has 0 radical (unpaired) electrons. The van der Waals surface area contributed by atoms with Crippen molar-refractivity contribution in [3.8, 4) is 11.8 Å². The van der Waals surface area contributed by atoms with E-state index in [-0.39, 0.29) is 24.6 Å². The second-order valence-corrected chi connectivity index (χ2v) is 2.92. The first-order chi connectivity index (χ1) is 7.13. The number of nitriles is 1. The Morgan fingerprint density at radius 3 is 2.31 bits per heavy atom. The van der Waals surface area contributed by atoms with Crippen LogP contribution in [0.25, 0.3) is 0 Å². The van der Waals surface area contributed by atoms with E-state index in [0.717, 1.165) is 5.56 Å². The van der Waals surface area contributed by atoms with E-state index in [1.165, 1.54) is 12.1 Å². The second-order valence-electron chi connectivity index (χ2n) is 2.92. The highest BCUT2D eigenvalue weighted by atomic mass is 35.5. The van der Waals surface area contributed by atoms with Gasteiger partial charge in [-0.25, -0.2) is 0 Å². The summed E-state index contributed by atoms with van der Waals surface area (Å²) in [6.07, 6.45) is 0.190. The highest BCUT2D eigenvalue weighted by molar-refractivity contribution is 5.85. The van der Waals surface area contributed by atoms with Gasteiger partial charge < -0.3 is 10.5 Å². The SMILES string of the molecule is Cl.N#CC[C@@H](N)c1ccc(OC(F)F)cc1. The summed E-state index contributed by atoms with van der Waals surface area (Å²) in [5.74, 6) is 0.0814. The van der Waals surface area contributed by atoms with E-state index in [9.17, 15) is 8.78 Å². The van der Waals surface area contributed by atoms with Gasteiger partial charge in [0.15, 0.2) is 0 Å².